The highest BCUT2D eigenvalue weighted by Crippen LogP contribution is 2.45. The number of carbonyl (C=O) groups excluding carboxylic acids is 1. The van der Waals surface area contributed by atoms with Crippen molar-refractivity contribution in [2.75, 3.05) is 0 Å². The normalized spacial score (nSPS) is 16.8. The number of carboxylic acids is 1. The number of aromatic nitrogens is 5. The van der Waals surface area contributed by atoms with Gasteiger partial charge in [-0.1, -0.05) is 25.0 Å². The molecule has 2 aliphatic rings. The summed E-state index contributed by atoms with van der Waals surface area (Å²) in [6.07, 6.45) is 12.6. The van der Waals surface area contributed by atoms with Crippen molar-refractivity contribution in [2.45, 2.75) is 63.3 Å². The number of carbonyl (C=O) groups is 2. The van der Waals surface area contributed by atoms with Crippen molar-refractivity contribution in [3.05, 3.63) is 82.9 Å². The van der Waals surface area contributed by atoms with Crippen molar-refractivity contribution in [2.24, 2.45) is 14.1 Å². The van der Waals surface area contributed by atoms with Gasteiger partial charge in [-0.05, 0) is 92.5 Å². The molecule has 9 nitrogen and oxygen atoms in total. The molecule has 3 heterocycles. The Bertz CT molecular complexity index is 1960. The van der Waals surface area contributed by atoms with Gasteiger partial charge < -0.3 is 19.6 Å². The number of aliphatic carboxylic acids is 1. The van der Waals surface area contributed by atoms with Gasteiger partial charge in [-0.2, -0.15) is 0 Å². The fraction of sp³-hybridized carbons (Fsp3) is 0.343. The van der Waals surface area contributed by atoms with Crippen molar-refractivity contribution in [3.8, 4) is 11.5 Å². The molecule has 1 amide bonds. The number of nitrogens with zero attached hydrogens (tertiary/aromatic N) is 5. The minimum atomic E-state index is -0.945. The lowest BCUT2D eigenvalue weighted by Gasteiger charge is -2.41. The summed E-state index contributed by atoms with van der Waals surface area (Å²) in [6, 6.07) is 13.6. The first-order valence-electron chi connectivity index (χ1n) is 15.4. The van der Waals surface area contributed by atoms with Crippen LogP contribution in [0, 0.1) is 0 Å². The second kappa shape index (κ2) is 10.7. The van der Waals surface area contributed by atoms with E-state index in [1.54, 1.807) is 25.4 Å². The van der Waals surface area contributed by atoms with E-state index in [1.807, 2.05) is 55.1 Å². The Labute approximate surface area is 255 Å². The van der Waals surface area contributed by atoms with Crippen LogP contribution in [0.3, 0.4) is 0 Å². The average molecular weight is 589 g/mol. The van der Waals surface area contributed by atoms with Gasteiger partial charge in [0.2, 0.25) is 0 Å². The van der Waals surface area contributed by atoms with Gasteiger partial charge in [-0.25, -0.2) is 19.7 Å². The first-order valence-corrected chi connectivity index (χ1v) is 15.4. The number of hydrogen-bond donors (Lipinski definition) is 2. The quantitative estimate of drug-likeness (QED) is 0.211. The van der Waals surface area contributed by atoms with Gasteiger partial charge >= 0.3 is 5.97 Å². The Morgan fingerprint density at radius 3 is 2.41 bits per heavy atom. The first-order chi connectivity index (χ1) is 21.3. The molecule has 0 radical (unpaired) electrons. The Balaban J connectivity index is 1.24. The lowest BCUT2D eigenvalue weighted by molar-refractivity contribution is -0.132. The minimum absolute atomic E-state index is 0.125. The van der Waals surface area contributed by atoms with E-state index in [9.17, 15) is 14.7 Å². The molecular weight excluding hydrogens is 552 g/mol. The number of nitrogens with one attached hydrogen (secondary N) is 1. The lowest BCUT2D eigenvalue weighted by Crippen LogP contribution is -2.52. The van der Waals surface area contributed by atoms with E-state index in [2.05, 4.69) is 25.9 Å². The zero-order valence-electron chi connectivity index (χ0n) is 25.3. The van der Waals surface area contributed by atoms with Crippen LogP contribution < -0.4 is 5.32 Å². The van der Waals surface area contributed by atoms with Crippen LogP contribution in [0.5, 0.6) is 0 Å². The largest absolute Gasteiger partial charge is 0.478 e. The molecule has 0 unspecified atom stereocenters. The molecule has 7 rings (SSSR count). The summed E-state index contributed by atoms with van der Waals surface area (Å²) in [5, 5.41) is 13.8. The predicted octanol–water partition coefficient (Wildman–Crippen LogP) is 6.48. The monoisotopic (exact) mass is 588 g/mol. The number of amides is 1. The highest BCUT2D eigenvalue weighted by molar-refractivity contribution is 6.01. The summed E-state index contributed by atoms with van der Waals surface area (Å²) >= 11 is 0. The maximum atomic E-state index is 13.9. The molecule has 224 valence electrons. The first kappa shape index (κ1) is 28.0. The molecule has 0 aliphatic heterocycles. The van der Waals surface area contributed by atoms with E-state index in [4.69, 9.17) is 4.98 Å². The molecule has 2 aliphatic carbocycles. The summed E-state index contributed by atoms with van der Waals surface area (Å²) in [5.74, 6) is 0.915. The number of aryl methyl sites for hydroxylation is 2. The number of benzene rings is 2. The smallest absolute Gasteiger partial charge is 0.331 e. The molecule has 2 fully saturated rings. The van der Waals surface area contributed by atoms with Gasteiger partial charge in [0.05, 0.1) is 22.3 Å². The van der Waals surface area contributed by atoms with E-state index >= 15 is 0 Å². The maximum absolute atomic E-state index is 13.9. The van der Waals surface area contributed by atoms with Crippen LogP contribution in [-0.2, 0) is 24.4 Å². The second-order valence-electron chi connectivity index (χ2n) is 12.4. The number of carboxylic acid groups (broad SMARTS) is 1. The molecule has 9 heteroatoms. The fourth-order valence-corrected chi connectivity index (χ4v) is 7.19. The molecular formula is C35H36N6O3. The summed E-state index contributed by atoms with van der Waals surface area (Å²) in [6.45, 7) is 1.58. The van der Waals surface area contributed by atoms with Crippen LogP contribution in [0.4, 0.5) is 0 Å². The van der Waals surface area contributed by atoms with Crippen LogP contribution in [0.15, 0.2) is 60.4 Å². The van der Waals surface area contributed by atoms with Crippen LogP contribution in [0.1, 0.15) is 85.1 Å². The molecule has 2 saturated carbocycles. The Hall–Kier alpha value is -4.79. The van der Waals surface area contributed by atoms with Crippen LogP contribution >= 0.6 is 0 Å². The molecule has 2 aromatic carbocycles. The number of fused-ring (bicyclic) bond motifs is 2. The van der Waals surface area contributed by atoms with E-state index in [0.29, 0.717) is 17.3 Å². The molecule has 3 aromatic heterocycles. The summed E-state index contributed by atoms with van der Waals surface area (Å²) < 4.78 is 4.18. The predicted molar refractivity (Wildman–Crippen MR) is 170 cm³/mol. The SMILES string of the molecule is CC(=Cc1ccc2nc(C3(NC(=O)c4ccc5c(C6CCCC6)c(-c6ncccn6)n(C)c5c4)CCC3)n(C)c2c1)C(=O)O. The number of imidazole rings is 1. The van der Waals surface area contributed by atoms with E-state index in [1.165, 1.54) is 18.4 Å². The van der Waals surface area contributed by atoms with Gasteiger partial charge in [-0.15, -0.1) is 0 Å². The Kier molecular flexibility index (Phi) is 6.83. The topological polar surface area (TPSA) is 115 Å². The zero-order valence-corrected chi connectivity index (χ0v) is 25.3. The summed E-state index contributed by atoms with van der Waals surface area (Å²) in [4.78, 5) is 39.4. The lowest BCUT2D eigenvalue weighted by atomic mass is 9.75. The highest BCUT2D eigenvalue weighted by atomic mass is 16.4. The zero-order chi connectivity index (χ0) is 30.6. The third kappa shape index (κ3) is 4.58. The van der Waals surface area contributed by atoms with Crippen molar-refractivity contribution in [1.29, 1.82) is 0 Å². The number of rotatable bonds is 7. The molecule has 0 atom stereocenters. The molecule has 0 bridgehead atoms. The van der Waals surface area contributed by atoms with E-state index in [0.717, 1.165) is 71.1 Å². The van der Waals surface area contributed by atoms with Crippen LogP contribution in [0.25, 0.3) is 39.5 Å². The second-order valence-corrected chi connectivity index (χ2v) is 12.4. The Morgan fingerprint density at radius 2 is 1.73 bits per heavy atom. The van der Waals surface area contributed by atoms with Crippen molar-refractivity contribution in [3.63, 3.8) is 0 Å². The van der Waals surface area contributed by atoms with Crippen molar-refractivity contribution >= 4 is 39.9 Å². The van der Waals surface area contributed by atoms with Gasteiger partial charge in [0.1, 0.15) is 5.82 Å². The molecule has 2 N–H and O–H groups in total. The van der Waals surface area contributed by atoms with Gasteiger partial charge in [0, 0.05) is 48.5 Å². The average Bonchev–Trinajstić information content (AvgIpc) is 3.72. The highest BCUT2D eigenvalue weighted by Gasteiger charge is 2.44. The van der Waals surface area contributed by atoms with Crippen LogP contribution in [-0.4, -0.2) is 41.1 Å². The third-order valence-electron chi connectivity index (χ3n) is 9.66. The van der Waals surface area contributed by atoms with Gasteiger partial charge in [0.25, 0.3) is 5.91 Å². The minimum Gasteiger partial charge on any atom is -0.478 e. The maximum Gasteiger partial charge on any atom is 0.331 e. The Morgan fingerprint density at radius 1 is 0.977 bits per heavy atom. The number of hydrogen-bond acceptors (Lipinski definition) is 5. The molecule has 44 heavy (non-hydrogen) atoms. The van der Waals surface area contributed by atoms with Gasteiger partial charge in [-0.3, -0.25) is 4.79 Å². The van der Waals surface area contributed by atoms with Crippen molar-refractivity contribution < 1.29 is 14.7 Å². The summed E-state index contributed by atoms with van der Waals surface area (Å²) in [5.41, 5.74) is 6.15. The van der Waals surface area contributed by atoms with E-state index < -0.39 is 11.5 Å². The van der Waals surface area contributed by atoms with Gasteiger partial charge in [0.15, 0.2) is 5.82 Å². The molecule has 0 saturated heterocycles. The molecule has 0 spiro atoms. The van der Waals surface area contributed by atoms with E-state index in [-0.39, 0.29) is 11.5 Å². The van der Waals surface area contributed by atoms with Crippen LogP contribution in [0.2, 0.25) is 0 Å². The standard InChI is InChI=1S/C35H36N6O3/c1-21(33(43)44)18-22-10-13-26-28(19-22)41(3)34(38-26)35(14-6-15-35)39-32(42)24-11-12-25-27(20-24)40(2)30(31-36-16-7-17-37-31)29(25)23-8-4-5-9-23/h7,10-13,16-20,23H,4-6,8-9,14-15H2,1-3H3,(H,39,42)(H,43,44). The van der Waals surface area contributed by atoms with Crippen molar-refractivity contribution in [1.82, 2.24) is 29.4 Å². The fourth-order valence-electron chi connectivity index (χ4n) is 7.19. The summed E-state index contributed by atoms with van der Waals surface area (Å²) in [7, 11) is 4.00. The third-order valence-corrected chi connectivity index (χ3v) is 9.66. The molecule has 5 aromatic rings.